The zero-order valence-electron chi connectivity index (χ0n) is 10.6. The molecule has 0 fully saturated rings. The van der Waals surface area contributed by atoms with E-state index in [-0.39, 0.29) is 6.61 Å². The maximum absolute atomic E-state index is 9.04. The van der Waals surface area contributed by atoms with Crippen molar-refractivity contribution in [3.05, 3.63) is 28.5 Å². The molecule has 0 bridgehead atoms. The molecule has 3 rings (SSSR count). The van der Waals surface area contributed by atoms with Gasteiger partial charge in [-0.05, 0) is 30.8 Å². The van der Waals surface area contributed by atoms with Crippen molar-refractivity contribution in [1.82, 2.24) is 24.7 Å². The van der Waals surface area contributed by atoms with Crippen molar-refractivity contribution in [2.75, 3.05) is 6.61 Å². The van der Waals surface area contributed by atoms with Gasteiger partial charge in [-0.1, -0.05) is 4.49 Å². The van der Waals surface area contributed by atoms with Crippen LogP contribution in [-0.2, 0) is 19.5 Å². The Morgan fingerprint density at radius 2 is 2.47 bits per heavy atom. The minimum atomic E-state index is 0.136. The third kappa shape index (κ3) is 2.68. The Morgan fingerprint density at radius 1 is 1.53 bits per heavy atom. The van der Waals surface area contributed by atoms with E-state index in [1.54, 1.807) is 0 Å². The summed E-state index contributed by atoms with van der Waals surface area (Å²) in [7, 11) is 0. The highest BCUT2D eigenvalue weighted by Gasteiger charge is 2.23. The van der Waals surface area contributed by atoms with Crippen LogP contribution in [0.15, 0.2) is 11.6 Å². The Morgan fingerprint density at radius 3 is 3.26 bits per heavy atom. The summed E-state index contributed by atoms with van der Waals surface area (Å²) >= 11 is 1.38. The highest BCUT2D eigenvalue weighted by molar-refractivity contribution is 7.03. The molecule has 0 amide bonds. The quantitative estimate of drug-likeness (QED) is 0.850. The molecule has 2 aromatic rings. The van der Waals surface area contributed by atoms with E-state index in [4.69, 9.17) is 5.11 Å². The first-order valence-corrected chi connectivity index (χ1v) is 7.37. The van der Waals surface area contributed by atoms with E-state index in [1.165, 1.54) is 22.8 Å². The molecule has 6 nitrogen and oxygen atoms in total. The van der Waals surface area contributed by atoms with E-state index in [2.05, 4.69) is 20.0 Å². The van der Waals surface area contributed by atoms with E-state index in [0.29, 0.717) is 12.6 Å². The predicted molar refractivity (Wildman–Crippen MR) is 71.7 cm³/mol. The number of hydrogen-bond donors (Lipinski definition) is 2. The summed E-state index contributed by atoms with van der Waals surface area (Å²) in [6.07, 6.45) is 5.25. The Bertz CT molecular complexity index is 524. The van der Waals surface area contributed by atoms with Crippen molar-refractivity contribution >= 4 is 11.5 Å². The Balaban J connectivity index is 1.71. The van der Waals surface area contributed by atoms with E-state index in [9.17, 15) is 0 Å². The van der Waals surface area contributed by atoms with E-state index in [1.807, 2.05) is 16.3 Å². The average Bonchev–Trinajstić information content (AvgIpc) is 3.07. The van der Waals surface area contributed by atoms with Crippen LogP contribution in [0.5, 0.6) is 0 Å². The molecule has 0 aromatic carbocycles. The fourth-order valence-electron chi connectivity index (χ4n) is 2.61. The van der Waals surface area contributed by atoms with Crippen molar-refractivity contribution in [3.8, 4) is 0 Å². The molecule has 2 aromatic heterocycles. The van der Waals surface area contributed by atoms with Gasteiger partial charge in [0.1, 0.15) is 0 Å². The van der Waals surface area contributed by atoms with Crippen LogP contribution in [0.1, 0.15) is 35.8 Å². The monoisotopic (exact) mass is 279 g/mol. The second-order valence-corrected chi connectivity index (χ2v) is 5.33. The van der Waals surface area contributed by atoms with Gasteiger partial charge >= 0.3 is 0 Å². The molecule has 0 saturated carbocycles. The fraction of sp³-hybridized carbons (Fsp3) is 0.583. The lowest BCUT2D eigenvalue weighted by Gasteiger charge is -2.23. The molecule has 0 aliphatic heterocycles. The minimum absolute atomic E-state index is 0.136. The topological polar surface area (TPSA) is 75.9 Å². The van der Waals surface area contributed by atoms with Gasteiger partial charge in [0, 0.05) is 29.2 Å². The molecular formula is C12H17N5OS. The summed E-state index contributed by atoms with van der Waals surface area (Å²) < 4.78 is 5.79. The van der Waals surface area contributed by atoms with Gasteiger partial charge in [-0.3, -0.25) is 4.68 Å². The molecule has 0 radical (unpaired) electrons. The maximum atomic E-state index is 9.04. The number of hydrogen-bond acceptors (Lipinski definition) is 6. The second-order valence-electron chi connectivity index (χ2n) is 4.72. The third-order valence-electron chi connectivity index (χ3n) is 3.51. The van der Waals surface area contributed by atoms with Gasteiger partial charge in [0.05, 0.1) is 25.0 Å². The molecule has 102 valence electrons. The molecule has 1 aliphatic rings. The molecule has 1 atom stereocenters. The van der Waals surface area contributed by atoms with Crippen LogP contribution >= 0.6 is 11.5 Å². The van der Waals surface area contributed by atoms with Gasteiger partial charge in [0.2, 0.25) is 0 Å². The summed E-state index contributed by atoms with van der Waals surface area (Å²) in [6, 6.07) is 0.331. The first kappa shape index (κ1) is 12.7. The predicted octanol–water partition coefficient (Wildman–Crippen LogP) is 0.894. The summed E-state index contributed by atoms with van der Waals surface area (Å²) in [6.45, 7) is 1.46. The zero-order valence-corrected chi connectivity index (χ0v) is 11.4. The molecule has 7 heteroatoms. The van der Waals surface area contributed by atoms with E-state index in [0.717, 1.165) is 31.5 Å². The van der Waals surface area contributed by atoms with Crippen LogP contribution in [0, 0.1) is 0 Å². The van der Waals surface area contributed by atoms with E-state index < -0.39 is 0 Å². The van der Waals surface area contributed by atoms with Gasteiger partial charge in [0.25, 0.3) is 0 Å². The fourth-order valence-corrected chi connectivity index (χ4v) is 3.06. The zero-order chi connectivity index (χ0) is 13.1. The highest BCUT2D eigenvalue weighted by atomic mass is 32.1. The molecular weight excluding hydrogens is 262 g/mol. The molecule has 1 aliphatic carbocycles. The van der Waals surface area contributed by atoms with Crippen molar-refractivity contribution in [2.45, 2.75) is 38.4 Å². The van der Waals surface area contributed by atoms with Crippen LogP contribution in [-0.4, -0.2) is 31.1 Å². The Labute approximate surface area is 115 Å². The summed E-state index contributed by atoms with van der Waals surface area (Å²) in [4.78, 5) is 0. The van der Waals surface area contributed by atoms with E-state index >= 15 is 0 Å². The Hall–Kier alpha value is -1.31. The molecule has 1 unspecified atom stereocenters. The molecule has 2 N–H and O–H groups in total. The molecule has 19 heavy (non-hydrogen) atoms. The number of aliphatic hydroxyl groups excluding tert-OH is 1. The van der Waals surface area contributed by atoms with Crippen molar-refractivity contribution in [3.63, 3.8) is 0 Å². The van der Waals surface area contributed by atoms with Crippen LogP contribution < -0.4 is 5.32 Å². The summed E-state index contributed by atoms with van der Waals surface area (Å²) in [5.41, 5.74) is 3.51. The number of rotatable bonds is 5. The van der Waals surface area contributed by atoms with Crippen LogP contribution in [0.25, 0.3) is 0 Å². The number of aromatic nitrogens is 4. The number of fused-ring (bicyclic) bond motifs is 1. The first-order chi connectivity index (χ1) is 9.38. The SMILES string of the molecule is OCCn1ncc2c1CCCC2NCc1csnn1. The van der Waals surface area contributed by atoms with Gasteiger partial charge < -0.3 is 10.4 Å². The van der Waals surface area contributed by atoms with Crippen molar-refractivity contribution in [2.24, 2.45) is 0 Å². The smallest absolute Gasteiger partial charge is 0.0893 e. The van der Waals surface area contributed by atoms with Gasteiger partial charge in [-0.2, -0.15) is 5.10 Å². The third-order valence-corrected chi connectivity index (χ3v) is 4.06. The molecule has 0 saturated heterocycles. The standard InChI is InChI=1S/C12H17N5OS/c18-5-4-17-12-3-1-2-11(10(12)7-14-17)13-6-9-8-19-16-15-9/h7-8,11,13,18H,1-6H2. The van der Waals surface area contributed by atoms with Crippen molar-refractivity contribution < 1.29 is 5.11 Å². The average molecular weight is 279 g/mol. The van der Waals surface area contributed by atoms with Gasteiger partial charge in [-0.15, -0.1) is 5.10 Å². The number of aliphatic hydroxyl groups is 1. The molecule has 2 heterocycles. The highest BCUT2D eigenvalue weighted by Crippen LogP contribution is 2.29. The van der Waals surface area contributed by atoms with Gasteiger partial charge in [0.15, 0.2) is 0 Å². The van der Waals surface area contributed by atoms with Crippen LogP contribution in [0.2, 0.25) is 0 Å². The number of nitrogens with one attached hydrogen (secondary N) is 1. The van der Waals surface area contributed by atoms with Gasteiger partial charge in [-0.25, -0.2) is 0 Å². The normalized spacial score (nSPS) is 18.5. The maximum Gasteiger partial charge on any atom is 0.0893 e. The summed E-state index contributed by atoms with van der Waals surface area (Å²) in [5, 5.41) is 22.9. The van der Waals surface area contributed by atoms with Crippen LogP contribution in [0.4, 0.5) is 0 Å². The lowest BCUT2D eigenvalue weighted by atomic mass is 9.93. The first-order valence-electron chi connectivity index (χ1n) is 6.53. The second kappa shape index (κ2) is 5.77. The Kier molecular flexibility index (Phi) is 3.86. The lowest BCUT2D eigenvalue weighted by molar-refractivity contribution is 0.266. The minimum Gasteiger partial charge on any atom is -0.394 e. The molecule has 0 spiro atoms. The largest absolute Gasteiger partial charge is 0.394 e. The number of nitrogens with zero attached hydrogens (tertiary/aromatic N) is 4. The lowest BCUT2D eigenvalue weighted by Crippen LogP contribution is -2.25. The summed E-state index contributed by atoms with van der Waals surface area (Å²) in [5.74, 6) is 0. The van der Waals surface area contributed by atoms with Crippen LogP contribution in [0.3, 0.4) is 0 Å². The van der Waals surface area contributed by atoms with Crippen molar-refractivity contribution in [1.29, 1.82) is 0 Å².